The molecular weight excluding hydrogens is 312 g/mol. The van der Waals surface area contributed by atoms with Crippen LogP contribution in [0.5, 0.6) is 0 Å². The Morgan fingerprint density at radius 2 is 1.87 bits per heavy atom. The van der Waals surface area contributed by atoms with Gasteiger partial charge < -0.3 is 4.57 Å². The molecule has 0 saturated carbocycles. The second-order valence-electron chi connectivity index (χ2n) is 5.58. The summed E-state index contributed by atoms with van der Waals surface area (Å²) in [4.78, 5) is 8.94. The third-order valence-electron chi connectivity index (χ3n) is 3.65. The third kappa shape index (κ3) is 3.11. The SMILES string of the molecule is Cc1cc(C)cc(S(=O)(=O)NCc2nc3cccnc3n2C)c1. The van der Waals surface area contributed by atoms with Gasteiger partial charge in [0.05, 0.1) is 11.4 Å². The van der Waals surface area contributed by atoms with Crippen LogP contribution in [0, 0.1) is 13.8 Å². The summed E-state index contributed by atoms with van der Waals surface area (Å²) in [6, 6.07) is 8.91. The fourth-order valence-corrected chi connectivity index (χ4v) is 3.73. The first kappa shape index (κ1) is 15.6. The lowest BCUT2D eigenvalue weighted by molar-refractivity contribution is 0.577. The first-order valence-electron chi connectivity index (χ1n) is 7.21. The predicted molar refractivity (Wildman–Crippen MR) is 88.5 cm³/mol. The first-order valence-corrected chi connectivity index (χ1v) is 8.69. The molecule has 0 atom stereocenters. The molecule has 2 heterocycles. The molecule has 0 unspecified atom stereocenters. The van der Waals surface area contributed by atoms with E-state index < -0.39 is 10.0 Å². The number of sulfonamides is 1. The second-order valence-corrected chi connectivity index (χ2v) is 7.35. The molecule has 1 N–H and O–H groups in total. The third-order valence-corrected chi connectivity index (χ3v) is 5.03. The average molecular weight is 330 g/mol. The quantitative estimate of drug-likeness (QED) is 0.794. The van der Waals surface area contributed by atoms with Crippen LogP contribution in [0.1, 0.15) is 17.0 Å². The highest BCUT2D eigenvalue weighted by atomic mass is 32.2. The smallest absolute Gasteiger partial charge is 0.240 e. The van der Waals surface area contributed by atoms with Gasteiger partial charge in [0, 0.05) is 13.2 Å². The van der Waals surface area contributed by atoms with Crippen LogP contribution in [0.2, 0.25) is 0 Å². The Balaban J connectivity index is 1.87. The molecular formula is C16H18N4O2S. The molecule has 3 rings (SSSR count). The minimum Gasteiger partial charge on any atom is -0.315 e. The molecule has 0 radical (unpaired) electrons. The summed E-state index contributed by atoms with van der Waals surface area (Å²) in [5, 5.41) is 0. The zero-order valence-electron chi connectivity index (χ0n) is 13.2. The van der Waals surface area contributed by atoms with E-state index in [-0.39, 0.29) is 11.4 Å². The summed E-state index contributed by atoms with van der Waals surface area (Å²) in [7, 11) is -1.76. The highest BCUT2D eigenvalue weighted by Gasteiger charge is 2.16. The molecule has 120 valence electrons. The van der Waals surface area contributed by atoms with E-state index in [1.807, 2.05) is 33.0 Å². The minimum absolute atomic E-state index is 0.113. The van der Waals surface area contributed by atoms with Gasteiger partial charge in [0.2, 0.25) is 10.0 Å². The summed E-state index contributed by atoms with van der Waals surface area (Å²) in [6.45, 7) is 3.87. The fourth-order valence-electron chi connectivity index (χ4n) is 2.56. The van der Waals surface area contributed by atoms with Crippen molar-refractivity contribution in [2.75, 3.05) is 0 Å². The Bertz CT molecular complexity index is 957. The molecule has 0 aliphatic rings. The van der Waals surface area contributed by atoms with Gasteiger partial charge in [-0.3, -0.25) is 0 Å². The number of hydrogen-bond acceptors (Lipinski definition) is 4. The van der Waals surface area contributed by atoms with Crippen LogP contribution < -0.4 is 4.72 Å². The number of nitrogens with zero attached hydrogens (tertiary/aromatic N) is 3. The summed E-state index contributed by atoms with van der Waals surface area (Å²) < 4.78 is 29.3. The number of aryl methyl sites for hydroxylation is 3. The zero-order valence-corrected chi connectivity index (χ0v) is 14.1. The van der Waals surface area contributed by atoms with Gasteiger partial charge in [0.1, 0.15) is 11.3 Å². The van der Waals surface area contributed by atoms with E-state index in [4.69, 9.17) is 0 Å². The maximum absolute atomic E-state index is 12.5. The van der Waals surface area contributed by atoms with Crippen molar-refractivity contribution in [2.45, 2.75) is 25.3 Å². The van der Waals surface area contributed by atoms with Crippen LogP contribution in [0.15, 0.2) is 41.4 Å². The van der Waals surface area contributed by atoms with Crippen LogP contribution in [-0.2, 0) is 23.6 Å². The van der Waals surface area contributed by atoms with Crippen molar-refractivity contribution in [1.82, 2.24) is 19.3 Å². The normalized spacial score (nSPS) is 12.0. The van der Waals surface area contributed by atoms with E-state index in [0.29, 0.717) is 5.82 Å². The number of aromatic nitrogens is 3. The molecule has 0 bridgehead atoms. The van der Waals surface area contributed by atoms with E-state index in [1.54, 1.807) is 29.0 Å². The highest BCUT2D eigenvalue weighted by Crippen LogP contribution is 2.16. The number of hydrogen-bond donors (Lipinski definition) is 1. The van der Waals surface area contributed by atoms with Crippen molar-refractivity contribution < 1.29 is 8.42 Å². The van der Waals surface area contributed by atoms with E-state index in [0.717, 1.165) is 22.3 Å². The molecule has 23 heavy (non-hydrogen) atoms. The molecule has 7 heteroatoms. The lowest BCUT2D eigenvalue weighted by Crippen LogP contribution is -2.25. The van der Waals surface area contributed by atoms with E-state index in [1.165, 1.54) is 0 Å². The standard InChI is InChI=1S/C16H18N4O2S/c1-11-7-12(2)9-13(8-11)23(21,22)18-10-15-19-14-5-4-6-17-16(14)20(15)3/h4-9,18H,10H2,1-3H3. The van der Waals surface area contributed by atoms with Gasteiger partial charge in [-0.25, -0.2) is 23.1 Å². The molecule has 3 aromatic rings. The summed E-state index contributed by atoms with van der Waals surface area (Å²) in [5.41, 5.74) is 3.30. The van der Waals surface area contributed by atoms with Crippen molar-refractivity contribution in [3.63, 3.8) is 0 Å². The summed E-state index contributed by atoms with van der Waals surface area (Å²) in [5.74, 6) is 0.617. The zero-order chi connectivity index (χ0) is 16.6. The fraction of sp³-hybridized carbons (Fsp3) is 0.250. The van der Waals surface area contributed by atoms with Gasteiger partial charge in [-0.15, -0.1) is 0 Å². The number of fused-ring (bicyclic) bond motifs is 1. The van der Waals surface area contributed by atoms with E-state index in [2.05, 4.69) is 14.7 Å². The molecule has 0 aliphatic carbocycles. The van der Waals surface area contributed by atoms with Crippen molar-refractivity contribution in [1.29, 1.82) is 0 Å². The lowest BCUT2D eigenvalue weighted by atomic mass is 10.2. The maximum atomic E-state index is 12.5. The average Bonchev–Trinajstić information content (AvgIpc) is 2.81. The van der Waals surface area contributed by atoms with E-state index in [9.17, 15) is 8.42 Å². The molecule has 1 aromatic carbocycles. The van der Waals surface area contributed by atoms with E-state index >= 15 is 0 Å². The van der Waals surface area contributed by atoms with Crippen molar-refractivity contribution >= 4 is 21.2 Å². The molecule has 0 aliphatic heterocycles. The lowest BCUT2D eigenvalue weighted by Gasteiger charge is -2.08. The molecule has 2 aromatic heterocycles. The summed E-state index contributed by atoms with van der Waals surface area (Å²) >= 11 is 0. The van der Waals surface area contributed by atoms with Crippen LogP contribution in [-0.4, -0.2) is 23.0 Å². The van der Waals surface area contributed by atoms with Crippen molar-refractivity contribution in [3.8, 4) is 0 Å². The number of benzene rings is 1. The number of rotatable bonds is 4. The minimum atomic E-state index is -3.58. The summed E-state index contributed by atoms with van der Waals surface area (Å²) in [6.07, 6.45) is 1.69. The Morgan fingerprint density at radius 3 is 2.52 bits per heavy atom. The Labute approximate surface area is 135 Å². The first-order chi connectivity index (χ1) is 10.9. The number of imidazole rings is 1. The van der Waals surface area contributed by atoms with Crippen LogP contribution >= 0.6 is 0 Å². The van der Waals surface area contributed by atoms with Gasteiger partial charge >= 0.3 is 0 Å². The van der Waals surface area contributed by atoms with Crippen molar-refractivity contribution in [3.05, 3.63) is 53.5 Å². The number of nitrogens with one attached hydrogen (secondary N) is 1. The van der Waals surface area contributed by atoms with Crippen LogP contribution in [0.4, 0.5) is 0 Å². The topological polar surface area (TPSA) is 76.9 Å². The molecule has 0 fully saturated rings. The van der Waals surface area contributed by atoms with Gasteiger partial charge in [-0.2, -0.15) is 0 Å². The van der Waals surface area contributed by atoms with Gasteiger partial charge in [0.15, 0.2) is 5.65 Å². The molecule has 0 amide bonds. The Kier molecular flexibility index (Phi) is 3.91. The van der Waals surface area contributed by atoms with Gasteiger partial charge in [-0.1, -0.05) is 6.07 Å². The Morgan fingerprint density at radius 1 is 1.17 bits per heavy atom. The molecule has 0 spiro atoms. The largest absolute Gasteiger partial charge is 0.315 e. The van der Waals surface area contributed by atoms with Gasteiger partial charge in [0.25, 0.3) is 0 Å². The maximum Gasteiger partial charge on any atom is 0.240 e. The van der Waals surface area contributed by atoms with Crippen LogP contribution in [0.25, 0.3) is 11.2 Å². The number of pyridine rings is 1. The second kappa shape index (κ2) is 5.75. The monoisotopic (exact) mass is 330 g/mol. The molecule has 0 saturated heterocycles. The van der Waals surface area contributed by atoms with Crippen LogP contribution in [0.3, 0.4) is 0 Å². The van der Waals surface area contributed by atoms with Gasteiger partial charge in [-0.05, 0) is 49.2 Å². The molecule has 6 nitrogen and oxygen atoms in total. The predicted octanol–water partition coefficient (Wildman–Crippen LogP) is 2.06. The Hall–Kier alpha value is -2.25. The highest BCUT2D eigenvalue weighted by molar-refractivity contribution is 7.89. The van der Waals surface area contributed by atoms with Crippen molar-refractivity contribution in [2.24, 2.45) is 7.05 Å².